The number of carbonyl (C=O) groups excluding carboxylic acids is 4. The molecule has 4 unspecified atom stereocenters. The Bertz CT molecular complexity index is 3630. The van der Waals surface area contributed by atoms with Crippen LogP contribution in [0.5, 0.6) is 0 Å². The van der Waals surface area contributed by atoms with Gasteiger partial charge in [-0.05, 0) is 216 Å². The summed E-state index contributed by atoms with van der Waals surface area (Å²) in [6, 6.07) is 65.7. The zero-order valence-corrected chi connectivity index (χ0v) is 94.1. The lowest BCUT2D eigenvalue weighted by molar-refractivity contribution is -0.176. The van der Waals surface area contributed by atoms with Crippen LogP contribution in [-0.4, -0.2) is 187 Å². The monoisotopic (exact) mass is 1930 g/mol. The molecule has 0 fully saturated rings. The summed E-state index contributed by atoms with van der Waals surface area (Å²) in [6.07, 6.45) is 9.25. The Morgan fingerprint density at radius 3 is 0.602 bits per heavy atom. The molecule has 6 aromatic carbocycles. The zero-order chi connectivity index (χ0) is 99.8. The maximum Gasteiger partial charge on any atom is 0.236 e. The highest BCUT2D eigenvalue weighted by molar-refractivity contribution is 7.96. The van der Waals surface area contributed by atoms with Crippen molar-refractivity contribution < 1.29 is 50.5 Å². The van der Waals surface area contributed by atoms with Crippen LogP contribution in [0.1, 0.15) is 260 Å². The minimum Gasteiger partial charge on any atom is -1.00 e. The van der Waals surface area contributed by atoms with E-state index in [4.69, 9.17) is 0 Å². The molecule has 0 heterocycles. The van der Waals surface area contributed by atoms with Crippen LogP contribution >= 0.6 is 29.3 Å². The van der Waals surface area contributed by atoms with Crippen molar-refractivity contribution in [3.63, 3.8) is 0 Å². The highest BCUT2D eigenvalue weighted by Crippen LogP contribution is 2.57. The van der Waals surface area contributed by atoms with Gasteiger partial charge in [-0.2, -0.15) is 0 Å². The van der Waals surface area contributed by atoms with Gasteiger partial charge in [-0.15, -0.1) is 0 Å². The number of carbonyl (C=O) groups is 4. The summed E-state index contributed by atoms with van der Waals surface area (Å²) in [5.74, 6) is 4.69. The van der Waals surface area contributed by atoms with Gasteiger partial charge in [-0.25, -0.2) is 0 Å². The van der Waals surface area contributed by atoms with E-state index in [0.29, 0.717) is 96.9 Å². The quantitative estimate of drug-likeness (QED) is 0.0363. The first-order valence-corrected chi connectivity index (χ1v) is 58.5. The number of halogens is 1. The van der Waals surface area contributed by atoms with Crippen molar-refractivity contribution in [1.82, 2.24) is 29.4 Å². The van der Waals surface area contributed by atoms with Gasteiger partial charge in [0.2, 0.25) is 31.0 Å². The Morgan fingerprint density at radius 2 is 0.451 bits per heavy atom. The van der Waals surface area contributed by atoms with Crippen molar-refractivity contribution in [2.45, 2.75) is 260 Å². The molecule has 0 aromatic heterocycles. The van der Waals surface area contributed by atoms with Crippen molar-refractivity contribution in [3.8, 4) is 0 Å². The van der Waals surface area contributed by atoms with Gasteiger partial charge in [0, 0.05) is 85.1 Å². The molecule has 14 nitrogen and oxygen atoms in total. The molecule has 6 rings (SSSR count). The van der Waals surface area contributed by atoms with E-state index in [0.717, 1.165) is 103 Å². The predicted octanol–water partition coefficient (Wildman–Crippen LogP) is 21.1. The molecule has 0 radical (unpaired) electrons. The van der Waals surface area contributed by atoms with Crippen molar-refractivity contribution in [2.24, 2.45) is 92.7 Å². The van der Waals surface area contributed by atoms with E-state index < -0.39 is 29.3 Å². The second kappa shape index (κ2) is 59.9. The number of hydrogen-bond acceptors (Lipinski definition) is 9. The Labute approximate surface area is 822 Å². The molecular formula is C114H191ClN6O8P4. The minimum atomic E-state index is -3.23. The molecule has 4 atom stereocenters. The first kappa shape index (κ1) is 124. The average molecular weight is 1930 g/mol. The average Bonchev–Trinajstić information content (AvgIpc) is 0.762. The SMILES string of the molecule is CC(C)CN(CC(C)C)C(=O)CN(CCC[P+](c1ccccc1)(c1ccccc1)c1ccccc1)CC(=O)N(CC(C)C)CC(C)C.CC(C)CN(CC(C)C)C(=O)CN(CCC[P+](c1ccccc1)(c1ccccc1)c1ccccc1)CC(=O)N(CC(C)C)CC(C)C.CC(CC(C)(C)C)CP(=O)(O)CC(C)CC(C)(C)C.CC(CC(C)(C)C)CP(=O)([O-])CC(C)CC(C)(C)C.[Cl-]. The predicted molar refractivity (Wildman–Crippen MR) is 577 cm³/mol. The van der Waals surface area contributed by atoms with Gasteiger partial charge in [-0.3, -0.25) is 33.5 Å². The van der Waals surface area contributed by atoms with Gasteiger partial charge < -0.3 is 46.4 Å². The Balaban J connectivity index is 0.000000650. The third-order valence-electron chi connectivity index (χ3n) is 22.9. The van der Waals surface area contributed by atoms with Crippen LogP contribution in [-0.2, 0) is 28.3 Å². The molecule has 133 heavy (non-hydrogen) atoms. The zero-order valence-electron chi connectivity index (χ0n) is 89.8. The largest absolute Gasteiger partial charge is 1.00 e. The Kier molecular flexibility index (Phi) is 55.8. The third kappa shape index (κ3) is 50.9. The summed E-state index contributed by atoms with van der Waals surface area (Å²) in [5.41, 5.74) is 0.875. The molecule has 0 spiro atoms. The molecule has 4 amide bonds. The van der Waals surface area contributed by atoms with Crippen molar-refractivity contribution in [2.75, 3.05) is 129 Å². The first-order chi connectivity index (χ1) is 61.2. The second-order valence-corrected chi connectivity index (χ2v) is 59.4. The molecule has 19 heteroatoms. The van der Waals surface area contributed by atoms with Crippen LogP contribution in [0.2, 0.25) is 0 Å². The Hall–Kier alpha value is -5.35. The lowest BCUT2D eigenvalue weighted by atomic mass is 9.86. The normalized spacial score (nSPS) is 14.2. The lowest BCUT2D eigenvalue weighted by Crippen LogP contribution is -3.00. The van der Waals surface area contributed by atoms with Crippen LogP contribution in [0.3, 0.4) is 0 Å². The van der Waals surface area contributed by atoms with Gasteiger partial charge in [-0.1, -0.05) is 331 Å². The molecule has 752 valence electrons. The summed E-state index contributed by atoms with van der Waals surface area (Å²) in [5, 5.41) is 8.15. The van der Waals surface area contributed by atoms with E-state index in [1.807, 2.05) is 19.6 Å². The fourth-order valence-electron chi connectivity index (χ4n) is 19.6. The maximum absolute atomic E-state index is 13.9. The number of rotatable bonds is 50. The van der Waals surface area contributed by atoms with E-state index in [2.05, 4.69) is 413 Å². The molecule has 0 saturated heterocycles. The standard InChI is InChI=1S/2C41H61N3O2P.2C16H35O2P.ClH/c2*1-33(2)27-43(28-34(3)4)40(45)31-42(32-41(46)44(29-35(5)6)30-36(7)8)25-18-26-47(37-19-12-9-13-20-37,38-21-14-10-15-22-38)39-23-16-11-17-24-39;2*1-13(9-15(3,4)5)11-19(17,18)12-14(2)10-16(6,7)8;/h2*9-17,19-24,33-36H,18,25-32H2,1-8H3;2*13-14H,9-12H2,1-8H3,(H,17,18);1H/q2*+1;;;/p-2. The van der Waals surface area contributed by atoms with Crippen molar-refractivity contribution in [1.29, 1.82) is 0 Å². The summed E-state index contributed by atoms with van der Waals surface area (Å²) < 4.78 is 24.6. The van der Waals surface area contributed by atoms with E-state index in [-0.39, 0.29) is 95.7 Å². The first-order valence-electron chi connectivity index (χ1n) is 50.5. The summed E-state index contributed by atoms with van der Waals surface area (Å²) in [7, 11) is -10.2. The van der Waals surface area contributed by atoms with Crippen LogP contribution in [0.15, 0.2) is 182 Å². The van der Waals surface area contributed by atoms with E-state index >= 15 is 0 Å². The van der Waals surface area contributed by atoms with Crippen LogP contribution in [0.25, 0.3) is 0 Å². The molecular weight excluding hydrogens is 1740 g/mol. The fourth-order valence-corrected chi connectivity index (χ4v) is 32.9. The molecule has 0 bridgehead atoms. The maximum atomic E-state index is 13.9. The summed E-state index contributed by atoms with van der Waals surface area (Å²) in [4.78, 5) is 90.5. The third-order valence-corrected chi connectivity index (χ3v) is 36.7. The molecule has 6 aromatic rings. The van der Waals surface area contributed by atoms with Crippen molar-refractivity contribution >= 4 is 84.7 Å². The van der Waals surface area contributed by atoms with Crippen LogP contribution in [0, 0.1) is 92.7 Å². The number of amides is 4. The highest BCUT2D eigenvalue weighted by Gasteiger charge is 2.47. The van der Waals surface area contributed by atoms with Crippen LogP contribution < -0.4 is 49.1 Å². The summed E-state index contributed by atoms with van der Waals surface area (Å²) >= 11 is 0. The highest BCUT2D eigenvalue weighted by atomic mass is 35.5. The van der Waals surface area contributed by atoms with Crippen LogP contribution in [0.4, 0.5) is 0 Å². The van der Waals surface area contributed by atoms with Gasteiger partial charge in [0.25, 0.3) is 0 Å². The molecule has 0 aliphatic carbocycles. The van der Waals surface area contributed by atoms with Gasteiger partial charge in [0.1, 0.15) is 46.4 Å². The van der Waals surface area contributed by atoms with E-state index in [1.54, 1.807) is 0 Å². The number of benzene rings is 6. The van der Waals surface area contributed by atoms with Crippen molar-refractivity contribution in [3.05, 3.63) is 182 Å². The fraction of sp³-hybridized carbons (Fsp3) is 0.649. The Morgan fingerprint density at radius 1 is 0.293 bits per heavy atom. The van der Waals surface area contributed by atoms with Gasteiger partial charge in [0.15, 0.2) is 0 Å². The van der Waals surface area contributed by atoms with E-state index in [1.165, 1.54) is 31.8 Å². The second-order valence-electron chi connectivity index (χ2n) is 47.4. The van der Waals surface area contributed by atoms with Gasteiger partial charge >= 0.3 is 0 Å². The molecule has 0 aliphatic heterocycles. The summed E-state index contributed by atoms with van der Waals surface area (Å²) in [6.45, 7) is 77.3. The molecule has 1 N–H and O–H groups in total. The molecule has 0 saturated carbocycles. The lowest BCUT2D eigenvalue weighted by Gasteiger charge is -2.33. The number of hydrogen-bond donors (Lipinski definition) is 1. The van der Waals surface area contributed by atoms with Gasteiger partial charge in [0.05, 0.1) is 38.5 Å². The topological polar surface area (TPSA) is 165 Å². The minimum absolute atomic E-state index is 0. The molecule has 0 aliphatic rings. The number of nitrogens with zero attached hydrogens (tertiary/aromatic N) is 6. The smallest absolute Gasteiger partial charge is 0.236 e. The van der Waals surface area contributed by atoms with E-state index in [9.17, 15) is 38.1 Å².